The van der Waals surface area contributed by atoms with Gasteiger partial charge in [0.05, 0.1) is 12.4 Å². The van der Waals surface area contributed by atoms with Gasteiger partial charge in [-0.25, -0.2) is 0 Å². The number of hydrogen-bond donors (Lipinski definition) is 2. The summed E-state index contributed by atoms with van der Waals surface area (Å²) in [6, 6.07) is 4.06. The Morgan fingerprint density at radius 3 is 2.41 bits per heavy atom. The van der Waals surface area contributed by atoms with E-state index in [4.69, 9.17) is 15.9 Å². The largest absolute Gasteiger partial charge is 0.494 e. The van der Waals surface area contributed by atoms with Crippen molar-refractivity contribution in [1.82, 2.24) is 0 Å². The van der Waals surface area contributed by atoms with E-state index in [2.05, 4.69) is 29.8 Å². The van der Waals surface area contributed by atoms with E-state index >= 15 is 0 Å². The second kappa shape index (κ2) is 6.64. The van der Waals surface area contributed by atoms with E-state index in [1.807, 2.05) is 12.1 Å². The van der Waals surface area contributed by atoms with Gasteiger partial charge in [-0.1, -0.05) is 15.9 Å². The molecular formula is C13H19BrN2O. The zero-order valence-corrected chi connectivity index (χ0v) is 11.9. The van der Waals surface area contributed by atoms with Crippen LogP contribution in [0.5, 0.6) is 5.75 Å². The number of hydrogen-bond acceptors (Lipinski definition) is 2. The predicted octanol–water partition coefficient (Wildman–Crippen LogP) is 3.55. The molecule has 0 aromatic heterocycles. The first-order chi connectivity index (χ1) is 8.00. The monoisotopic (exact) mass is 298 g/mol. The summed E-state index contributed by atoms with van der Waals surface area (Å²) in [4.78, 5) is 0. The van der Waals surface area contributed by atoms with E-state index < -0.39 is 0 Å². The van der Waals surface area contributed by atoms with Gasteiger partial charge in [0.2, 0.25) is 0 Å². The zero-order chi connectivity index (χ0) is 12.8. The highest BCUT2D eigenvalue weighted by Gasteiger charge is 2.03. The minimum atomic E-state index is 0.250. The number of aryl methyl sites for hydroxylation is 2. The van der Waals surface area contributed by atoms with Crippen LogP contribution in [0, 0.1) is 19.3 Å². The van der Waals surface area contributed by atoms with Crippen LogP contribution in [0.1, 0.15) is 30.4 Å². The van der Waals surface area contributed by atoms with Gasteiger partial charge in [-0.15, -0.1) is 0 Å². The first kappa shape index (κ1) is 14.0. The number of halogens is 1. The third-order valence-corrected chi connectivity index (χ3v) is 3.77. The summed E-state index contributed by atoms with van der Waals surface area (Å²) >= 11 is 3.53. The molecule has 0 saturated carbocycles. The second-order valence-electron chi connectivity index (χ2n) is 4.20. The lowest BCUT2D eigenvalue weighted by atomic mass is 10.1. The molecule has 0 aliphatic rings. The molecule has 0 heterocycles. The first-order valence-corrected chi connectivity index (χ1v) is 6.52. The van der Waals surface area contributed by atoms with Crippen molar-refractivity contribution < 1.29 is 4.74 Å². The van der Waals surface area contributed by atoms with E-state index in [0.29, 0.717) is 13.0 Å². The van der Waals surface area contributed by atoms with Crippen molar-refractivity contribution in [3.05, 3.63) is 27.7 Å². The number of nitrogens with one attached hydrogen (secondary N) is 1. The molecule has 0 aliphatic carbocycles. The highest BCUT2D eigenvalue weighted by Crippen LogP contribution is 2.26. The fraction of sp³-hybridized carbons (Fsp3) is 0.462. The summed E-state index contributed by atoms with van der Waals surface area (Å²) in [5, 5.41) is 7.11. The Kier molecular flexibility index (Phi) is 5.48. The van der Waals surface area contributed by atoms with Gasteiger partial charge >= 0.3 is 0 Å². The van der Waals surface area contributed by atoms with Gasteiger partial charge < -0.3 is 10.5 Å². The molecule has 0 atom stereocenters. The van der Waals surface area contributed by atoms with E-state index in [1.54, 1.807) is 0 Å². The van der Waals surface area contributed by atoms with Gasteiger partial charge in [0.25, 0.3) is 0 Å². The molecule has 0 amide bonds. The summed E-state index contributed by atoms with van der Waals surface area (Å²) in [5.74, 6) is 1.16. The molecule has 0 bridgehead atoms. The molecule has 0 aliphatic heterocycles. The van der Waals surface area contributed by atoms with E-state index in [0.717, 1.165) is 23.1 Å². The number of benzene rings is 1. The predicted molar refractivity (Wildman–Crippen MR) is 74.9 cm³/mol. The molecule has 3 nitrogen and oxygen atoms in total. The smallest absolute Gasteiger partial charge is 0.119 e. The maximum atomic E-state index is 7.11. The highest BCUT2D eigenvalue weighted by atomic mass is 79.9. The van der Waals surface area contributed by atoms with Gasteiger partial charge in [-0.2, -0.15) is 0 Å². The summed E-state index contributed by atoms with van der Waals surface area (Å²) in [5.41, 5.74) is 7.65. The third kappa shape index (κ3) is 4.77. The van der Waals surface area contributed by atoms with Gasteiger partial charge in [0, 0.05) is 10.9 Å². The lowest BCUT2D eigenvalue weighted by Crippen LogP contribution is -2.09. The van der Waals surface area contributed by atoms with Crippen LogP contribution in [0.4, 0.5) is 0 Å². The van der Waals surface area contributed by atoms with Crippen LogP contribution in [-0.4, -0.2) is 12.4 Å². The summed E-state index contributed by atoms with van der Waals surface area (Å²) in [6.45, 7) is 4.78. The minimum absolute atomic E-state index is 0.250. The highest BCUT2D eigenvalue weighted by molar-refractivity contribution is 9.10. The van der Waals surface area contributed by atoms with Crippen molar-refractivity contribution >= 4 is 21.8 Å². The van der Waals surface area contributed by atoms with Crippen LogP contribution >= 0.6 is 15.9 Å². The molecule has 0 spiro atoms. The van der Waals surface area contributed by atoms with Crippen molar-refractivity contribution in [3.63, 3.8) is 0 Å². The number of ether oxygens (including phenoxy) is 1. The van der Waals surface area contributed by atoms with E-state index in [-0.39, 0.29) is 5.84 Å². The van der Waals surface area contributed by atoms with Crippen molar-refractivity contribution in [1.29, 1.82) is 5.41 Å². The van der Waals surface area contributed by atoms with Crippen LogP contribution < -0.4 is 10.5 Å². The normalized spacial score (nSPS) is 10.3. The summed E-state index contributed by atoms with van der Waals surface area (Å²) in [6.07, 6.45) is 2.49. The van der Waals surface area contributed by atoms with Crippen LogP contribution in [0.2, 0.25) is 0 Å². The molecule has 0 unspecified atom stereocenters. The third-order valence-electron chi connectivity index (χ3n) is 2.52. The lowest BCUT2D eigenvalue weighted by molar-refractivity contribution is 0.307. The molecular weight excluding hydrogens is 280 g/mol. The Morgan fingerprint density at radius 2 is 1.88 bits per heavy atom. The fourth-order valence-corrected chi connectivity index (χ4v) is 1.83. The maximum Gasteiger partial charge on any atom is 0.119 e. The Morgan fingerprint density at radius 1 is 1.29 bits per heavy atom. The Balaban J connectivity index is 2.39. The van der Waals surface area contributed by atoms with E-state index in [9.17, 15) is 0 Å². The molecule has 0 fully saturated rings. The molecule has 4 heteroatoms. The SMILES string of the molecule is Cc1cc(OCCCCC(=N)N)cc(C)c1Br. The van der Waals surface area contributed by atoms with Gasteiger partial charge in [0.1, 0.15) is 5.75 Å². The Hall–Kier alpha value is -1.03. The lowest BCUT2D eigenvalue weighted by Gasteiger charge is -2.10. The minimum Gasteiger partial charge on any atom is -0.494 e. The summed E-state index contributed by atoms with van der Waals surface area (Å²) < 4.78 is 6.81. The standard InChI is InChI=1S/C13H19BrN2O/c1-9-7-11(8-10(2)13(9)14)17-6-4-3-5-12(15)16/h7-8H,3-6H2,1-2H3,(H3,15,16). The topological polar surface area (TPSA) is 59.1 Å². The number of unbranched alkanes of at least 4 members (excludes halogenated alkanes) is 1. The van der Waals surface area contributed by atoms with Crippen molar-refractivity contribution in [2.75, 3.05) is 6.61 Å². The van der Waals surface area contributed by atoms with Crippen LogP contribution in [0.3, 0.4) is 0 Å². The fourth-order valence-electron chi connectivity index (χ4n) is 1.60. The molecule has 17 heavy (non-hydrogen) atoms. The molecule has 0 saturated heterocycles. The van der Waals surface area contributed by atoms with Gasteiger partial charge in [-0.05, 0) is 49.9 Å². The summed E-state index contributed by atoms with van der Waals surface area (Å²) in [7, 11) is 0. The van der Waals surface area contributed by atoms with E-state index in [1.165, 1.54) is 11.1 Å². The second-order valence-corrected chi connectivity index (χ2v) is 4.99. The van der Waals surface area contributed by atoms with Gasteiger partial charge in [0.15, 0.2) is 0 Å². The zero-order valence-electron chi connectivity index (χ0n) is 10.3. The average molecular weight is 299 g/mol. The van der Waals surface area contributed by atoms with Crippen molar-refractivity contribution in [3.8, 4) is 5.75 Å². The molecule has 94 valence electrons. The molecule has 1 aromatic rings. The van der Waals surface area contributed by atoms with Crippen LogP contribution in [0.15, 0.2) is 16.6 Å². The molecule has 1 aromatic carbocycles. The number of amidine groups is 1. The molecule has 1 rings (SSSR count). The number of rotatable bonds is 6. The van der Waals surface area contributed by atoms with Crippen molar-refractivity contribution in [2.45, 2.75) is 33.1 Å². The molecule has 3 N–H and O–H groups in total. The van der Waals surface area contributed by atoms with Crippen molar-refractivity contribution in [2.24, 2.45) is 5.73 Å². The first-order valence-electron chi connectivity index (χ1n) is 5.73. The quantitative estimate of drug-likeness (QED) is 0.479. The molecule has 0 radical (unpaired) electrons. The van der Waals surface area contributed by atoms with Crippen LogP contribution in [0.25, 0.3) is 0 Å². The Labute approximate surface area is 111 Å². The number of nitrogens with two attached hydrogens (primary N) is 1. The average Bonchev–Trinajstić information content (AvgIpc) is 2.25. The maximum absolute atomic E-state index is 7.11. The van der Waals surface area contributed by atoms with Gasteiger partial charge in [-0.3, -0.25) is 5.41 Å². The van der Waals surface area contributed by atoms with Crippen LogP contribution in [-0.2, 0) is 0 Å². The Bertz CT molecular complexity index is 381.